The van der Waals surface area contributed by atoms with E-state index in [1.165, 1.54) is 30.0 Å². The molecule has 1 atom stereocenters. The molecule has 0 aromatic heterocycles. The Labute approximate surface area is 127 Å². The Bertz CT molecular complexity index is 639. The largest absolute Gasteiger partial charge is 0.320 e. The highest BCUT2D eigenvalue weighted by Crippen LogP contribution is 2.31. The summed E-state index contributed by atoms with van der Waals surface area (Å²) in [6, 6.07) is 11.2. The van der Waals surface area contributed by atoms with Gasteiger partial charge in [-0.3, -0.25) is 0 Å². The van der Waals surface area contributed by atoms with Gasteiger partial charge in [-0.1, -0.05) is 30.3 Å². The second kappa shape index (κ2) is 5.66. The molecule has 1 unspecified atom stereocenters. The van der Waals surface area contributed by atoms with E-state index < -0.39 is 0 Å². The van der Waals surface area contributed by atoms with Gasteiger partial charge in [0.05, 0.1) is 10.5 Å². The lowest BCUT2D eigenvalue weighted by atomic mass is 9.88. The summed E-state index contributed by atoms with van der Waals surface area (Å²) < 4.78 is 14.1. The minimum atomic E-state index is -0.299. The maximum Gasteiger partial charge on any atom is 0.137 e. The standard InChI is InChI=1S/C17H17BrFN/c18-16-14(6-3-7-15(16)19)17(20)13-9-8-11-4-1-2-5-12(11)10-13/h3,6-10,17H,1-2,4-5,20H2. The van der Waals surface area contributed by atoms with E-state index in [2.05, 4.69) is 34.1 Å². The van der Waals surface area contributed by atoms with Gasteiger partial charge in [0.2, 0.25) is 0 Å². The van der Waals surface area contributed by atoms with Gasteiger partial charge >= 0.3 is 0 Å². The molecule has 0 saturated heterocycles. The summed E-state index contributed by atoms with van der Waals surface area (Å²) in [6.07, 6.45) is 4.80. The minimum absolute atomic E-state index is 0.268. The highest BCUT2D eigenvalue weighted by molar-refractivity contribution is 9.10. The van der Waals surface area contributed by atoms with Crippen molar-refractivity contribution in [3.8, 4) is 0 Å². The molecule has 2 aromatic carbocycles. The van der Waals surface area contributed by atoms with Gasteiger partial charge in [0.25, 0.3) is 0 Å². The fraction of sp³-hybridized carbons (Fsp3) is 0.294. The van der Waals surface area contributed by atoms with E-state index >= 15 is 0 Å². The van der Waals surface area contributed by atoms with Gasteiger partial charge in [0.1, 0.15) is 5.82 Å². The van der Waals surface area contributed by atoms with Crippen molar-refractivity contribution in [2.24, 2.45) is 5.73 Å². The van der Waals surface area contributed by atoms with Gasteiger partial charge in [-0.2, -0.15) is 0 Å². The molecule has 0 aliphatic heterocycles. The second-order valence-corrected chi connectivity index (χ2v) is 6.15. The summed E-state index contributed by atoms with van der Waals surface area (Å²) in [5.74, 6) is -0.268. The van der Waals surface area contributed by atoms with Crippen LogP contribution in [0.5, 0.6) is 0 Å². The lowest BCUT2D eigenvalue weighted by Crippen LogP contribution is -2.14. The van der Waals surface area contributed by atoms with Crippen LogP contribution >= 0.6 is 15.9 Å². The van der Waals surface area contributed by atoms with Crippen LogP contribution in [0.1, 0.15) is 41.1 Å². The van der Waals surface area contributed by atoms with Gasteiger partial charge in [0.15, 0.2) is 0 Å². The molecule has 1 aliphatic rings. The van der Waals surface area contributed by atoms with Crippen molar-refractivity contribution in [2.45, 2.75) is 31.7 Å². The van der Waals surface area contributed by atoms with E-state index in [9.17, 15) is 4.39 Å². The molecule has 0 radical (unpaired) electrons. The Morgan fingerprint density at radius 2 is 1.80 bits per heavy atom. The van der Waals surface area contributed by atoms with Crippen LogP contribution in [0.2, 0.25) is 0 Å². The number of nitrogens with two attached hydrogens (primary N) is 1. The molecular formula is C17H17BrFN. The number of halogens is 2. The average molecular weight is 334 g/mol. The molecule has 2 aromatic rings. The van der Waals surface area contributed by atoms with Gasteiger partial charge in [-0.05, 0) is 69.9 Å². The molecule has 0 saturated carbocycles. The summed E-state index contributed by atoms with van der Waals surface area (Å²) in [5, 5.41) is 0. The highest BCUT2D eigenvalue weighted by Gasteiger charge is 2.17. The second-order valence-electron chi connectivity index (χ2n) is 5.36. The number of hydrogen-bond donors (Lipinski definition) is 1. The smallest absolute Gasteiger partial charge is 0.137 e. The lowest BCUT2D eigenvalue weighted by Gasteiger charge is -2.20. The van der Waals surface area contributed by atoms with E-state index in [1.54, 1.807) is 6.07 Å². The molecule has 104 valence electrons. The van der Waals surface area contributed by atoms with Crippen LogP contribution in [0.4, 0.5) is 4.39 Å². The van der Waals surface area contributed by atoms with E-state index in [1.807, 2.05) is 6.07 Å². The molecule has 1 nitrogen and oxygen atoms in total. The quantitative estimate of drug-likeness (QED) is 0.859. The number of fused-ring (bicyclic) bond motifs is 1. The molecular weight excluding hydrogens is 317 g/mol. The van der Waals surface area contributed by atoms with E-state index in [4.69, 9.17) is 5.73 Å². The molecule has 0 amide bonds. The first kappa shape index (κ1) is 13.8. The average Bonchev–Trinajstić information content (AvgIpc) is 2.49. The van der Waals surface area contributed by atoms with Crippen LogP contribution in [0.15, 0.2) is 40.9 Å². The Balaban J connectivity index is 1.98. The van der Waals surface area contributed by atoms with Crippen molar-refractivity contribution in [1.29, 1.82) is 0 Å². The van der Waals surface area contributed by atoms with E-state index in [0.717, 1.165) is 24.0 Å². The molecule has 1 aliphatic carbocycles. The third-order valence-electron chi connectivity index (χ3n) is 4.05. The third kappa shape index (κ3) is 2.52. The first-order valence-electron chi connectivity index (χ1n) is 6.98. The van der Waals surface area contributed by atoms with Crippen molar-refractivity contribution in [2.75, 3.05) is 0 Å². The fourth-order valence-electron chi connectivity index (χ4n) is 2.89. The van der Waals surface area contributed by atoms with Crippen LogP contribution in [-0.2, 0) is 12.8 Å². The molecule has 0 bridgehead atoms. The predicted molar refractivity (Wildman–Crippen MR) is 83.2 cm³/mol. The maximum absolute atomic E-state index is 13.6. The number of rotatable bonds is 2. The molecule has 3 heteroatoms. The SMILES string of the molecule is NC(c1ccc2c(c1)CCCC2)c1cccc(F)c1Br. The summed E-state index contributed by atoms with van der Waals surface area (Å²) >= 11 is 3.30. The molecule has 2 N–H and O–H groups in total. The topological polar surface area (TPSA) is 26.0 Å². The van der Waals surface area contributed by atoms with Gasteiger partial charge < -0.3 is 5.73 Å². The first-order chi connectivity index (χ1) is 9.66. The summed E-state index contributed by atoms with van der Waals surface area (Å²) in [5.41, 5.74) is 11.0. The van der Waals surface area contributed by atoms with Gasteiger partial charge in [-0.15, -0.1) is 0 Å². The monoisotopic (exact) mass is 333 g/mol. The van der Waals surface area contributed by atoms with Crippen molar-refractivity contribution in [1.82, 2.24) is 0 Å². The first-order valence-corrected chi connectivity index (χ1v) is 7.77. The number of hydrogen-bond acceptors (Lipinski definition) is 1. The maximum atomic E-state index is 13.6. The number of aryl methyl sites for hydroxylation is 2. The van der Waals surface area contributed by atoms with Crippen molar-refractivity contribution >= 4 is 15.9 Å². The van der Waals surface area contributed by atoms with Crippen molar-refractivity contribution in [3.05, 3.63) is 68.9 Å². The van der Waals surface area contributed by atoms with E-state index in [0.29, 0.717) is 4.47 Å². The van der Waals surface area contributed by atoms with Crippen molar-refractivity contribution in [3.63, 3.8) is 0 Å². The van der Waals surface area contributed by atoms with Gasteiger partial charge in [0, 0.05) is 0 Å². The Kier molecular flexibility index (Phi) is 3.90. The Morgan fingerprint density at radius 3 is 2.60 bits per heavy atom. The number of benzene rings is 2. The van der Waals surface area contributed by atoms with Crippen LogP contribution in [0.25, 0.3) is 0 Å². The molecule has 3 rings (SSSR count). The van der Waals surface area contributed by atoms with Crippen molar-refractivity contribution < 1.29 is 4.39 Å². The van der Waals surface area contributed by atoms with E-state index in [-0.39, 0.29) is 11.9 Å². The zero-order valence-corrected chi connectivity index (χ0v) is 12.8. The normalized spacial score (nSPS) is 15.8. The molecule has 0 heterocycles. The highest BCUT2D eigenvalue weighted by atomic mass is 79.9. The zero-order valence-electron chi connectivity index (χ0n) is 11.2. The summed E-state index contributed by atoms with van der Waals surface area (Å²) in [4.78, 5) is 0. The van der Waals surface area contributed by atoms with Crippen LogP contribution < -0.4 is 5.73 Å². The van der Waals surface area contributed by atoms with Gasteiger partial charge in [-0.25, -0.2) is 4.39 Å². The third-order valence-corrected chi connectivity index (χ3v) is 4.88. The van der Waals surface area contributed by atoms with Crippen LogP contribution in [0, 0.1) is 5.82 Å². The fourth-order valence-corrected chi connectivity index (χ4v) is 3.40. The zero-order chi connectivity index (χ0) is 14.1. The lowest BCUT2D eigenvalue weighted by molar-refractivity contribution is 0.616. The molecule has 20 heavy (non-hydrogen) atoms. The summed E-state index contributed by atoms with van der Waals surface area (Å²) in [6.45, 7) is 0. The Hall–Kier alpha value is -1.19. The van der Waals surface area contributed by atoms with Crippen LogP contribution in [-0.4, -0.2) is 0 Å². The van der Waals surface area contributed by atoms with Crippen LogP contribution in [0.3, 0.4) is 0 Å². The molecule has 0 spiro atoms. The summed E-state index contributed by atoms with van der Waals surface area (Å²) in [7, 11) is 0. The predicted octanol–water partition coefficient (Wildman–Crippen LogP) is 4.52. The minimum Gasteiger partial charge on any atom is -0.320 e. The Morgan fingerprint density at radius 1 is 1.05 bits per heavy atom. The molecule has 0 fully saturated rings.